The highest BCUT2D eigenvalue weighted by Gasteiger charge is 2.23. The molecule has 1 aromatic rings. The standard InChI is InChI=1S/C15H21NO4S/c1-11(15(17)16-6-8-20-9-7-16)21-12-4-5-13(18-2)14(10-12)19-3/h4-5,10-11H,6-9H2,1-3H3. The van der Waals surface area contributed by atoms with Crippen molar-refractivity contribution in [2.24, 2.45) is 0 Å². The van der Waals surface area contributed by atoms with Crippen LogP contribution in [0.25, 0.3) is 0 Å². The number of rotatable bonds is 5. The first-order chi connectivity index (χ1) is 10.2. The second kappa shape index (κ2) is 7.56. The first-order valence-corrected chi connectivity index (χ1v) is 7.79. The molecule has 0 saturated carbocycles. The molecule has 21 heavy (non-hydrogen) atoms. The number of ether oxygens (including phenoxy) is 3. The van der Waals surface area contributed by atoms with E-state index in [2.05, 4.69) is 0 Å². The first-order valence-electron chi connectivity index (χ1n) is 6.91. The van der Waals surface area contributed by atoms with Gasteiger partial charge < -0.3 is 19.1 Å². The fourth-order valence-electron chi connectivity index (χ4n) is 2.19. The van der Waals surface area contributed by atoms with Crippen LogP contribution in [0.4, 0.5) is 0 Å². The van der Waals surface area contributed by atoms with Crippen molar-refractivity contribution in [1.82, 2.24) is 4.90 Å². The zero-order valence-corrected chi connectivity index (χ0v) is 13.4. The van der Waals surface area contributed by atoms with Crippen LogP contribution in [0.3, 0.4) is 0 Å². The van der Waals surface area contributed by atoms with Crippen LogP contribution in [0, 0.1) is 0 Å². The van der Waals surface area contributed by atoms with Crippen LogP contribution in [-0.4, -0.2) is 56.6 Å². The largest absolute Gasteiger partial charge is 0.493 e. The lowest BCUT2D eigenvalue weighted by Crippen LogP contribution is -2.44. The van der Waals surface area contributed by atoms with E-state index in [1.165, 1.54) is 11.8 Å². The van der Waals surface area contributed by atoms with Gasteiger partial charge in [-0.25, -0.2) is 0 Å². The van der Waals surface area contributed by atoms with Crippen molar-refractivity contribution in [3.63, 3.8) is 0 Å². The second-order valence-corrected chi connectivity index (χ2v) is 6.13. The predicted molar refractivity (Wildman–Crippen MR) is 82.3 cm³/mol. The first kappa shape index (κ1) is 16.0. The molecule has 0 bridgehead atoms. The Morgan fingerprint density at radius 2 is 1.90 bits per heavy atom. The molecule has 1 heterocycles. The number of amides is 1. The van der Waals surface area contributed by atoms with Gasteiger partial charge in [0.2, 0.25) is 5.91 Å². The van der Waals surface area contributed by atoms with Crippen LogP contribution in [0.15, 0.2) is 23.1 Å². The summed E-state index contributed by atoms with van der Waals surface area (Å²) >= 11 is 1.53. The van der Waals surface area contributed by atoms with Crippen molar-refractivity contribution in [3.05, 3.63) is 18.2 Å². The summed E-state index contributed by atoms with van der Waals surface area (Å²) in [6, 6.07) is 5.69. The summed E-state index contributed by atoms with van der Waals surface area (Å²) in [6.45, 7) is 4.53. The number of carbonyl (C=O) groups is 1. The zero-order valence-electron chi connectivity index (χ0n) is 12.6. The Bertz CT molecular complexity index is 489. The fourth-order valence-corrected chi connectivity index (χ4v) is 3.17. The Morgan fingerprint density at radius 1 is 1.24 bits per heavy atom. The van der Waals surface area contributed by atoms with E-state index in [1.807, 2.05) is 30.0 Å². The molecule has 0 radical (unpaired) electrons. The maximum absolute atomic E-state index is 12.4. The molecular weight excluding hydrogens is 290 g/mol. The van der Waals surface area contributed by atoms with Gasteiger partial charge in [-0.3, -0.25) is 4.79 Å². The minimum atomic E-state index is -0.138. The van der Waals surface area contributed by atoms with E-state index in [4.69, 9.17) is 14.2 Å². The van der Waals surface area contributed by atoms with E-state index in [0.717, 1.165) is 4.90 Å². The molecule has 1 atom stereocenters. The van der Waals surface area contributed by atoms with E-state index in [9.17, 15) is 4.79 Å². The molecule has 1 aliphatic rings. The molecule has 2 rings (SSSR count). The van der Waals surface area contributed by atoms with Crippen molar-refractivity contribution in [2.45, 2.75) is 17.1 Å². The van der Waals surface area contributed by atoms with Crippen LogP contribution in [0.1, 0.15) is 6.92 Å². The summed E-state index contributed by atoms with van der Waals surface area (Å²) in [5, 5.41) is -0.138. The van der Waals surface area contributed by atoms with Gasteiger partial charge in [0.1, 0.15) is 0 Å². The van der Waals surface area contributed by atoms with E-state index >= 15 is 0 Å². The molecule has 0 spiro atoms. The quantitative estimate of drug-likeness (QED) is 0.779. The van der Waals surface area contributed by atoms with Crippen molar-refractivity contribution in [3.8, 4) is 11.5 Å². The fraction of sp³-hybridized carbons (Fsp3) is 0.533. The van der Waals surface area contributed by atoms with Gasteiger partial charge >= 0.3 is 0 Å². The van der Waals surface area contributed by atoms with Gasteiger partial charge in [-0.1, -0.05) is 0 Å². The Labute approximate surface area is 129 Å². The Morgan fingerprint density at radius 3 is 2.52 bits per heavy atom. The monoisotopic (exact) mass is 311 g/mol. The van der Waals surface area contributed by atoms with Crippen LogP contribution in [0.2, 0.25) is 0 Å². The molecular formula is C15H21NO4S. The Kier molecular flexibility index (Phi) is 5.76. The van der Waals surface area contributed by atoms with Gasteiger partial charge in [-0.15, -0.1) is 11.8 Å². The molecule has 0 N–H and O–H groups in total. The van der Waals surface area contributed by atoms with Crippen molar-refractivity contribution < 1.29 is 19.0 Å². The lowest BCUT2D eigenvalue weighted by atomic mass is 10.3. The predicted octanol–water partition coefficient (Wildman–Crippen LogP) is 2.04. The Balaban J connectivity index is 2.01. The van der Waals surface area contributed by atoms with E-state index in [-0.39, 0.29) is 11.2 Å². The van der Waals surface area contributed by atoms with E-state index in [1.54, 1.807) is 14.2 Å². The summed E-state index contributed by atoms with van der Waals surface area (Å²) in [4.78, 5) is 15.2. The maximum Gasteiger partial charge on any atom is 0.235 e. The summed E-state index contributed by atoms with van der Waals surface area (Å²) in [5.74, 6) is 1.51. The lowest BCUT2D eigenvalue weighted by Gasteiger charge is -2.29. The summed E-state index contributed by atoms with van der Waals surface area (Å²) in [7, 11) is 3.21. The smallest absolute Gasteiger partial charge is 0.235 e. The molecule has 1 unspecified atom stereocenters. The SMILES string of the molecule is COc1ccc(SC(C)C(=O)N2CCOCC2)cc1OC. The summed E-state index contributed by atoms with van der Waals surface area (Å²) in [6.07, 6.45) is 0. The normalized spacial score (nSPS) is 16.4. The van der Waals surface area contributed by atoms with Crippen LogP contribution in [0.5, 0.6) is 11.5 Å². The van der Waals surface area contributed by atoms with Gasteiger partial charge in [-0.05, 0) is 25.1 Å². The van der Waals surface area contributed by atoms with E-state index in [0.29, 0.717) is 37.8 Å². The zero-order chi connectivity index (χ0) is 15.2. The highest BCUT2D eigenvalue weighted by atomic mass is 32.2. The van der Waals surface area contributed by atoms with Crippen molar-refractivity contribution in [1.29, 1.82) is 0 Å². The summed E-state index contributed by atoms with van der Waals surface area (Å²) < 4.78 is 15.8. The molecule has 6 heteroatoms. The highest BCUT2D eigenvalue weighted by Crippen LogP contribution is 2.33. The van der Waals surface area contributed by atoms with Crippen molar-refractivity contribution in [2.75, 3.05) is 40.5 Å². The third kappa shape index (κ3) is 4.04. The molecule has 1 amide bonds. The minimum absolute atomic E-state index is 0.138. The van der Waals surface area contributed by atoms with Gasteiger partial charge in [0.15, 0.2) is 11.5 Å². The number of methoxy groups -OCH3 is 2. The molecule has 116 valence electrons. The number of benzene rings is 1. The lowest BCUT2D eigenvalue weighted by molar-refractivity contribution is -0.134. The number of thioether (sulfide) groups is 1. The molecule has 1 fully saturated rings. The third-order valence-electron chi connectivity index (χ3n) is 3.34. The molecule has 1 aromatic carbocycles. The van der Waals surface area contributed by atoms with Gasteiger partial charge in [-0.2, -0.15) is 0 Å². The maximum atomic E-state index is 12.4. The van der Waals surface area contributed by atoms with Gasteiger partial charge in [0.25, 0.3) is 0 Å². The third-order valence-corrected chi connectivity index (χ3v) is 4.42. The Hall–Kier alpha value is -1.40. The van der Waals surface area contributed by atoms with Crippen molar-refractivity contribution >= 4 is 17.7 Å². The van der Waals surface area contributed by atoms with Gasteiger partial charge in [0, 0.05) is 18.0 Å². The average molecular weight is 311 g/mol. The number of carbonyl (C=O) groups excluding carboxylic acids is 1. The van der Waals surface area contributed by atoms with Crippen LogP contribution < -0.4 is 9.47 Å². The number of hydrogen-bond donors (Lipinski definition) is 0. The molecule has 1 aliphatic heterocycles. The highest BCUT2D eigenvalue weighted by molar-refractivity contribution is 8.00. The molecule has 1 saturated heterocycles. The van der Waals surface area contributed by atoms with Gasteiger partial charge in [0.05, 0.1) is 32.7 Å². The van der Waals surface area contributed by atoms with Crippen LogP contribution >= 0.6 is 11.8 Å². The summed E-state index contributed by atoms with van der Waals surface area (Å²) in [5.41, 5.74) is 0. The van der Waals surface area contributed by atoms with E-state index < -0.39 is 0 Å². The second-order valence-electron chi connectivity index (χ2n) is 4.71. The minimum Gasteiger partial charge on any atom is -0.493 e. The molecule has 0 aromatic heterocycles. The number of morpholine rings is 1. The van der Waals surface area contributed by atoms with Crippen LogP contribution in [-0.2, 0) is 9.53 Å². The average Bonchev–Trinajstić information content (AvgIpc) is 2.54. The topological polar surface area (TPSA) is 48.0 Å². The molecule has 0 aliphatic carbocycles. The molecule has 5 nitrogen and oxygen atoms in total. The number of hydrogen-bond acceptors (Lipinski definition) is 5. The number of nitrogens with zero attached hydrogens (tertiary/aromatic N) is 1.